The first-order valence-corrected chi connectivity index (χ1v) is 7.05. The molecule has 0 atom stereocenters. The summed E-state index contributed by atoms with van der Waals surface area (Å²) in [5.41, 5.74) is 6.06. The van der Waals surface area contributed by atoms with E-state index in [1.54, 1.807) is 13.0 Å². The van der Waals surface area contributed by atoms with Crippen LogP contribution in [0.1, 0.15) is 11.1 Å². The smallest absolute Gasteiger partial charge is 0.343 e. The van der Waals surface area contributed by atoms with Crippen molar-refractivity contribution in [2.45, 2.75) is 13.8 Å². The lowest BCUT2D eigenvalue weighted by atomic mass is 10.1. The number of fused-ring (bicyclic) bond motifs is 1. The summed E-state index contributed by atoms with van der Waals surface area (Å²) < 4.78 is 16.2. The number of hydrogen-bond donors (Lipinski definition) is 1. The Morgan fingerprint density at radius 3 is 2.61 bits per heavy atom. The van der Waals surface area contributed by atoms with Crippen LogP contribution in [0.15, 0.2) is 44.0 Å². The van der Waals surface area contributed by atoms with E-state index in [1.165, 1.54) is 6.92 Å². The van der Waals surface area contributed by atoms with E-state index in [0.29, 0.717) is 16.9 Å². The molecule has 0 aliphatic rings. The highest BCUT2D eigenvalue weighted by Crippen LogP contribution is 2.34. The number of furan rings is 1. The van der Waals surface area contributed by atoms with Gasteiger partial charge < -0.3 is 19.3 Å². The quantitative estimate of drug-likeness (QED) is 0.746. The zero-order valence-corrected chi connectivity index (χ0v) is 12.7. The van der Waals surface area contributed by atoms with E-state index in [9.17, 15) is 9.59 Å². The molecule has 0 saturated carbocycles. The molecule has 3 aromatic rings. The SMILES string of the molecule is Cc1c(-c2cc3ccccc3o2)oc(=O)c(C)c1OC(=O)CN. The molecule has 0 unspecified atom stereocenters. The molecule has 2 aromatic heterocycles. The van der Waals surface area contributed by atoms with Crippen molar-refractivity contribution < 1.29 is 18.4 Å². The average Bonchev–Trinajstić information content (AvgIpc) is 2.98. The molecule has 1 aromatic carbocycles. The number of nitrogens with two attached hydrogens (primary N) is 1. The third-order valence-electron chi connectivity index (χ3n) is 3.55. The minimum atomic E-state index is -0.627. The number of carbonyl (C=O) groups is 1. The van der Waals surface area contributed by atoms with Gasteiger partial charge in [-0.15, -0.1) is 0 Å². The predicted octanol–water partition coefficient (Wildman–Crippen LogP) is 2.53. The normalized spacial score (nSPS) is 10.9. The number of hydrogen-bond acceptors (Lipinski definition) is 6. The van der Waals surface area contributed by atoms with Crippen molar-refractivity contribution in [3.63, 3.8) is 0 Å². The van der Waals surface area contributed by atoms with Gasteiger partial charge in [-0.3, -0.25) is 4.79 Å². The van der Waals surface area contributed by atoms with Gasteiger partial charge in [-0.25, -0.2) is 4.79 Å². The Balaban J connectivity index is 2.19. The van der Waals surface area contributed by atoms with Crippen LogP contribution in [-0.4, -0.2) is 12.5 Å². The molecule has 23 heavy (non-hydrogen) atoms. The van der Waals surface area contributed by atoms with Crippen molar-refractivity contribution >= 4 is 16.9 Å². The second-order valence-corrected chi connectivity index (χ2v) is 5.12. The largest absolute Gasteiger partial charge is 0.453 e. The zero-order valence-electron chi connectivity index (χ0n) is 12.7. The van der Waals surface area contributed by atoms with Gasteiger partial charge in [0, 0.05) is 10.9 Å². The van der Waals surface area contributed by atoms with E-state index in [0.717, 1.165) is 5.39 Å². The molecule has 0 radical (unpaired) electrons. The Labute approximate surface area is 131 Å². The maximum absolute atomic E-state index is 12.0. The summed E-state index contributed by atoms with van der Waals surface area (Å²) in [6.07, 6.45) is 0. The minimum absolute atomic E-state index is 0.159. The first-order valence-electron chi connectivity index (χ1n) is 7.05. The molecule has 0 saturated heterocycles. The maximum atomic E-state index is 12.0. The molecule has 0 aliphatic carbocycles. The number of benzene rings is 1. The summed E-state index contributed by atoms with van der Waals surface area (Å²) in [5.74, 6) is 0.159. The van der Waals surface area contributed by atoms with Crippen molar-refractivity contribution in [1.82, 2.24) is 0 Å². The standard InChI is InChI=1S/C17H15NO5/c1-9-15(22-14(19)8-18)10(2)17(20)23-16(9)13-7-11-5-3-4-6-12(11)21-13/h3-7H,8,18H2,1-2H3. The fourth-order valence-corrected chi connectivity index (χ4v) is 2.36. The second-order valence-electron chi connectivity index (χ2n) is 5.12. The molecule has 0 spiro atoms. The van der Waals surface area contributed by atoms with E-state index >= 15 is 0 Å². The van der Waals surface area contributed by atoms with Crippen LogP contribution >= 0.6 is 0 Å². The van der Waals surface area contributed by atoms with Crippen LogP contribution in [0.5, 0.6) is 5.75 Å². The van der Waals surface area contributed by atoms with Crippen molar-refractivity contribution in [1.29, 1.82) is 0 Å². The molecule has 0 fully saturated rings. The molecule has 2 heterocycles. The van der Waals surface area contributed by atoms with Crippen LogP contribution in [0.3, 0.4) is 0 Å². The van der Waals surface area contributed by atoms with Gasteiger partial charge in [0.25, 0.3) is 0 Å². The van der Waals surface area contributed by atoms with Gasteiger partial charge in [-0.05, 0) is 26.0 Å². The lowest BCUT2D eigenvalue weighted by Crippen LogP contribution is -2.22. The molecule has 0 amide bonds. The van der Waals surface area contributed by atoms with Gasteiger partial charge in [0.15, 0.2) is 11.5 Å². The van der Waals surface area contributed by atoms with E-state index < -0.39 is 11.6 Å². The molecule has 0 bridgehead atoms. The van der Waals surface area contributed by atoms with Gasteiger partial charge in [0.1, 0.15) is 11.3 Å². The zero-order chi connectivity index (χ0) is 16.6. The monoisotopic (exact) mass is 313 g/mol. The van der Waals surface area contributed by atoms with Crippen LogP contribution < -0.4 is 16.1 Å². The van der Waals surface area contributed by atoms with Gasteiger partial charge in [-0.1, -0.05) is 18.2 Å². The summed E-state index contributed by atoms with van der Waals surface area (Å²) in [7, 11) is 0. The van der Waals surface area contributed by atoms with Crippen molar-refractivity contribution in [2.75, 3.05) is 6.54 Å². The summed E-state index contributed by atoms with van der Waals surface area (Å²) in [6, 6.07) is 9.20. The third kappa shape index (κ3) is 2.64. The molecular weight excluding hydrogens is 298 g/mol. The lowest BCUT2D eigenvalue weighted by Gasteiger charge is -2.10. The maximum Gasteiger partial charge on any atom is 0.343 e. The van der Waals surface area contributed by atoms with Gasteiger partial charge >= 0.3 is 11.6 Å². The first-order chi connectivity index (χ1) is 11.0. The van der Waals surface area contributed by atoms with E-state index in [-0.39, 0.29) is 23.6 Å². The Morgan fingerprint density at radius 1 is 1.17 bits per heavy atom. The lowest BCUT2D eigenvalue weighted by molar-refractivity contribution is -0.132. The third-order valence-corrected chi connectivity index (χ3v) is 3.55. The first kappa shape index (κ1) is 15.1. The van der Waals surface area contributed by atoms with Gasteiger partial charge in [-0.2, -0.15) is 0 Å². The number of rotatable bonds is 3. The van der Waals surface area contributed by atoms with Crippen LogP contribution in [0, 0.1) is 13.8 Å². The average molecular weight is 313 g/mol. The van der Waals surface area contributed by atoms with Gasteiger partial charge in [0.05, 0.1) is 12.1 Å². The molecule has 2 N–H and O–H groups in total. The second kappa shape index (κ2) is 5.73. The van der Waals surface area contributed by atoms with Crippen LogP contribution in [-0.2, 0) is 4.79 Å². The highest BCUT2D eigenvalue weighted by Gasteiger charge is 2.21. The number of carbonyl (C=O) groups excluding carboxylic acids is 1. The molecule has 6 heteroatoms. The summed E-state index contributed by atoms with van der Waals surface area (Å²) in [6.45, 7) is 2.94. The van der Waals surface area contributed by atoms with E-state index in [2.05, 4.69) is 0 Å². The van der Waals surface area contributed by atoms with Crippen LogP contribution in [0.25, 0.3) is 22.5 Å². The fraction of sp³-hybridized carbons (Fsp3) is 0.176. The van der Waals surface area contributed by atoms with Crippen molar-refractivity contribution in [3.8, 4) is 17.3 Å². The van der Waals surface area contributed by atoms with E-state index in [4.69, 9.17) is 19.3 Å². The minimum Gasteiger partial charge on any atom is -0.453 e. The number of esters is 1. The topological polar surface area (TPSA) is 95.7 Å². The van der Waals surface area contributed by atoms with E-state index in [1.807, 2.05) is 24.3 Å². The van der Waals surface area contributed by atoms with Crippen LogP contribution in [0.4, 0.5) is 0 Å². The highest BCUT2D eigenvalue weighted by molar-refractivity contribution is 5.83. The van der Waals surface area contributed by atoms with Crippen LogP contribution in [0.2, 0.25) is 0 Å². The summed E-state index contributed by atoms with van der Waals surface area (Å²) >= 11 is 0. The molecular formula is C17H15NO5. The Kier molecular flexibility index (Phi) is 3.75. The van der Waals surface area contributed by atoms with Crippen molar-refractivity contribution in [2.24, 2.45) is 5.73 Å². The van der Waals surface area contributed by atoms with Crippen molar-refractivity contribution in [3.05, 3.63) is 51.9 Å². The molecule has 3 rings (SSSR count). The summed E-state index contributed by atoms with van der Waals surface area (Å²) in [5, 5.41) is 0.880. The highest BCUT2D eigenvalue weighted by atomic mass is 16.5. The predicted molar refractivity (Wildman–Crippen MR) is 84.3 cm³/mol. The molecule has 0 aliphatic heterocycles. The number of para-hydroxylation sites is 1. The number of ether oxygens (including phenoxy) is 1. The molecule has 6 nitrogen and oxygen atoms in total. The molecule has 118 valence electrons. The van der Waals surface area contributed by atoms with Gasteiger partial charge in [0.2, 0.25) is 0 Å². The Bertz CT molecular complexity index is 918. The Morgan fingerprint density at radius 2 is 1.91 bits per heavy atom. The fourth-order valence-electron chi connectivity index (χ4n) is 2.36. The Hall–Kier alpha value is -2.86. The summed E-state index contributed by atoms with van der Waals surface area (Å²) in [4.78, 5) is 23.5.